The summed E-state index contributed by atoms with van der Waals surface area (Å²) in [6.07, 6.45) is 2.02. The predicted molar refractivity (Wildman–Crippen MR) is 94.9 cm³/mol. The fourth-order valence-electron chi connectivity index (χ4n) is 3.30. The van der Waals surface area contributed by atoms with E-state index in [9.17, 15) is 4.79 Å². The minimum atomic E-state index is 0.0180. The Labute approximate surface area is 142 Å². The summed E-state index contributed by atoms with van der Waals surface area (Å²) in [5.41, 5.74) is 3.73. The number of anilines is 1. The van der Waals surface area contributed by atoms with E-state index in [1.807, 2.05) is 48.3 Å². The summed E-state index contributed by atoms with van der Waals surface area (Å²) in [4.78, 5) is 15.1. The highest BCUT2D eigenvalue weighted by Crippen LogP contribution is 2.30. The number of carbonyl (C=O) groups excluding carboxylic acids is 1. The highest BCUT2D eigenvalue weighted by molar-refractivity contribution is 9.10. The average molecular weight is 370 g/mol. The third kappa shape index (κ3) is 2.36. The maximum Gasteiger partial charge on any atom is 0.277 e. The Kier molecular flexibility index (Phi) is 3.45. The predicted octanol–water partition coefficient (Wildman–Crippen LogP) is 3.93. The van der Waals surface area contributed by atoms with Gasteiger partial charge >= 0.3 is 0 Å². The van der Waals surface area contributed by atoms with Crippen LogP contribution in [0.3, 0.4) is 0 Å². The number of nitrogens with zero attached hydrogens (tertiary/aromatic N) is 3. The van der Waals surface area contributed by atoms with E-state index in [0.717, 1.165) is 40.4 Å². The molecule has 1 amide bonds. The van der Waals surface area contributed by atoms with Crippen LogP contribution in [0.1, 0.15) is 22.5 Å². The molecule has 1 aromatic heterocycles. The van der Waals surface area contributed by atoms with Gasteiger partial charge in [-0.05, 0) is 42.7 Å². The van der Waals surface area contributed by atoms with Gasteiger partial charge in [0, 0.05) is 29.1 Å². The molecule has 0 unspecified atom stereocenters. The summed E-state index contributed by atoms with van der Waals surface area (Å²) < 4.78 is 2.65. The van der Waals surface area contributed by atoms with Crippen molar-refractivity contribution in [2.75, 3.05) is 11.4 Å². The first-order valence-corrected chi connectivity index (χ1v) is 8.46. The molecule has 0 fully saturated rings. The molecule has 0 aliphatic carbocycles. The number of hydrogen-bond donors (Lipinski definition) is 0. The highest BCUT2D eigenvalue weighted by Gasteiger charge is 2.27. The van der Waals surface area contributed by atoms with Crippen LogP contribution in [0.2, 0.25) is 0 Å². The lowest BCUT2D eigenvalue weighted by Crippen LogP contribution is -2.36. The number of halogens is 1. The van der Waals surface area contributed by atoms with Crippen LogP contribution < -0.4 is 4.90 Å². The number of amides is 1. The standard InChI is InChI=1S/C18H16BrN3O/c1-21-17(14-9-8-13(19)11-15(14)20-21)18(23)22-10-4-6-12-5-2-3-7-16(12)22/h2-3,5,7-9,11H,4,6,10H2,1H3. The molecule has 2 heterocycles. The van der Waals surface area contributed by atoms with Crippen molar-refractivity contribution >= 4 is 38.4 Å². The van der Waals surface area contributed by atoms with Crippen molar-refractivity contribution in [1.29, 1.82) is 0 Å². The number of benzene rings is 2. The Morgan fingerprint density at radius 2 is 2.04 bits per heavy atom. The maximum atomic E-state index is 13.2. The van der Waals surface area contributed by atoms with Crippen molar-refractivity contribution in [1.82, 2.24) is 9.78 Å². The average Bonchev–Trinajstić information content (AvgIpc) is 2.88. The number of fused-ring (bicyclic) bond motifs is 2. The number of aromatic nitrogens is 2. The molecular formula is C18H16BrN3O. The lowest BCUT2D eigenvalue weighted by molar-refractivity contribution is 0.0977. The zero-order valence-electron chi connectivity index (χ0n) is 12.8. The molecular weight excluding hydrogens is 354 g/mol. The summed E-state index contributed by atoms with van der Waals surface area (Å²) in [6, 6.07) is 14.0. The fourth-order valence-corrected chi connectivity index (χ4v) is 3.65. The van der Waals surface area contributed by atoms with Crippen LogP contribution in [0, 0.1) is 0 Å². The first kappa shape index (κ1) is 14.5. The van der Waals surface area contributed by atoms with Gasteiger partial charge in [0.05, 0.1) is 5.52 Å². The van der Waals surface area contributed by atoms with Gasteiger partial charge in [-0.25, -0.2) is 0 Å². The summed E-state index contributed by atoms with van der Waals surface area (Å²) in [5.74, 6) is 0.0180. The quantitative estimate of drug-likeness (QED) is 0.651. The van der Waals surface area contributed by atoms with Gasteiger partial charge in [-0.15, -0.1) is 0 Å². The maximum absolute atomic E-state index is 13.2. The Hall–Kier alpha value is -2.14. The Morgan fingerprint density at radius 3 is 2.91 bits per heavy atom. The molecule has 0 radical (unpaired) electrons. The molecule has 1 aliphatic heterocycles. The van der Waals surface area contributed by atoms with Crippen LogP contribution in [-0.4, -0.2) is 22.2 Å². The molecule has 23 heavy (non-hydrogen) atoms. The van der Waals surface area contributed by atoms with Crippen LogP contribution >= 0.6 is 15.9 Å². The van der Waals surface area contributed by atoms with Crippen molar-refractivity contribution < 1.29 is 4.79 Å². The van der Waals surface area contributed by atoms with Crippen LogP contribution in [0.15, 0.2) is 46.9 Å². The summed E-state index contributed by atoms with van der Waals surface area (Å²) in [7, 11) is 1.83. The molecule has 0 atom stereocenters. The summed E-state index contributed by atoms with van der Waals surface area (Å²) in [5, 5.41) is 5.38. The van der Waals surface area contributed by atoms with Crippen LogP contribution in [0.4, 0.5) is 5.69 Å². The number of rotatable bonds is 1. The number of para-hydroxylation sites is 1. The first-order valence-electron chi connectivity index (χ1n) is 7.67. The van der Waals surface area contributed by atoms with Gasteiger partial charge < -0.3 is 4.90 Å². The van der Waals surface area contributed by atoms with Gasteiger partial charge in [-0.1, -0.05) is 34.1 Å². The van der Waals surface area contributed by atoms with Gasteiger partial charge in [0.15, 0.2) is 0 Å². The van der Waals surface area contributed by atoms with E-state index in [2.05, 4.69) is 27.1 Å². The largest absolute Gasteiger partial charge is 0.307 e. The van der Waals surface area contributed by atoms with E-state index >= 15 is 0 Å². The lowest BCUT2D eigenvalue weighted by atomic mass is 10.0. The monoisotopic (exact) mass is 369 g/mol. The third-order valence-corrected chi connectivity index (χ3v) is 4.85. The van der Waals surface area contributed by atoms with E-state index in [1.165, 1.54) is 5.56 Å². The smallest absolute Gasteiger partial charge is 0.277 e. The second kappa shape index (κ2) is 5.49. The molecule has 3 aromatic rings. The summed E-state index contributed by atoms with van der Waals surface area (Å²) >= 11 is 3.46. The second-order valence-electron chi connectivity index (χ2n) is 5.82. The van der Waals surface area contributed by atoms with E-state index in [-0.39, 0.29) is 5.91 Å². The van der Waals surface area contributed by atoms with E-state index in [4.69, 9.17) is 0 Å². The zero-order chi connectivity index (χ0) is 16.0. The molecule has 116 valence electrons. The van der Waals surface area contributed by atoms with Gasteiger partial charge in [0.2, 0.25) is 0 Å². The van der Waals surface area contributed by atoms with Crippen molar-refractivity contribution in [3.05, 3.63) is 58.2 Å². The molecule has 5 heteroatoms. The Bertz CT molecular complexity index is 916. The van der Waals surface area contributed by atoms with E-state index < -0.39 is 0 Å². The molecule has 2 aromatic carbocycles. The van der Waals surface area contributed by atoms with Gasteiger partial charge in [0.25, 0.3) is 5.91 Å². The molecule has 1 aliphatic rings. The Morgan fingerprint density at radius 1 is 1.22 bits per heavy atom. The molecule has 0 N–H and O–H groups in total. The normalized spacial score (nSPS) is 14.1. The molecule has 0 bridgehead atoms. The van der Waals surface area contributed by atoms with Gasteiger partial charge in [-0.3, -0.25) is 9.48 Å². The van der Waals surface area contributed by atoms with Crippen LogP contribution in [0.25, 0.3) is 10.9 Å². The molecule has 0 saturated carbocycles. The third-order valence-electron chi connectivity index (χ3n) is 4.35. The lowest BCUT2D eigenvalue weighted by Gasteiger charge is -2.29. The van der Waals surface area contributed by atoms with E-state index in [0.29, 0.717) is 5.69 Å². The second-order valence-corrected chi connectivity index (χ2v) is 6.74. The van der Waals surface area contributed by atoms with E-state index in [1.54, 1.807) is 4.68 Å². The topological polar surface area (TPSA) is 38.1 Å². The van der Waals surface area contributed by atoms with Gasteiger partial charge in [0.1, 0.15) is 5.69 Å². The first-order chi connectivity index (χ1) is 11.1. The highest BCUT2D eigenvalue weighted by atomic mass is 79.9. The molecule has 0 spiro atoms. The molecule has 4 nitrogen and oxygen atoms in total. The van der Waals surface area contributed by atoms with Crippen LogP contribution in [0.5, 0.6) is 0 Å². The van der Waals surface area contributed by atoms with Crippen molar-refractivity contribution in [2.45, 2.75) is 12.8 Å². The zero-order valence-corrected chi connectivity index (χ0v) is 14.4. The Balaban J connectivity index is 1.83. The van der Waals surface area contributed by atoms with Crippen LogP contribution in [-0.2, 0) is 13.5 Å². The number of hydrogen-bond acceptors (Lipinski definition) is 2. The van der Waals surface area contributed by atoms with Crippen molar-refractivity contribution in [2.24, 2.45) is 7.05 Å². The summed E-state index contributed by atoms with van der Waals surface area (Å²) in [6.45, 7) is 0.749. The molecule has 0 saturated heterocycles. The number of aryl methyl sites for hydroxylation is 2. The number of carbonyl (C=O) groups is 1. The fraction of sp³-hybridized carbons (Fsp3) is 0.222. The van der Waals surface area contributed by atoms with Gasteiger partial charge in [-0.2, -0.15) is 5.10 Å². The molecule has 4 rings (SSSR count). The van der Waals surface area contributed by atoms with Crippen molar-refractivity contribution in [3.63, 3.8) is 0 Å². The SMILES string of the molecule is Cn1nc2cc(Br)ccc2c1C(=O)N1CCCc2ccccc21. The minimum absolute atomic E-state index is 0.0180. The minimum Gasteiger partial charge on any atom is -0.307 e. The van der Waals surface area contributed by atoms with Crippen molar-refractivity contribution in [3.8, 4) is 0 Å².